The summed E-state index contributed by atoms with van der Waals surface area (Å²) in [6, 6.07) is 12.6. The summed E-state index contributed by atoms with van der Waals surface area (Å²) in [4.78, 5) is 12.0. The largest absolute Gasteiger partial charge is 0.497 e. The number of halogens is 2. The van der Waals surface area contributed by atoms with Crippen LogP contribution in [0.5, 0.6) is 5.75 Å². The molecule has 0 aliphatic carbocycles. The van der Waals surface area contributed by atoms with Gasteiger partial charge in [-0.05, 0) is 42.0 Å². The number of hydrazone groups is 1. The number of methoxy groups -OCH3 is 1. The summed E-state index contributed by atoms with van der Waals surface area (Å²) < 4.78 is 5.16. The summed E-state index contributed by atoms with van der Waals surface area (Å²) in [5.74, 6) is 0.502. The lowest BCUT2D eigenvalue weighted by Crippen LogP contribution is -2.19. The minimum atomic E-state index is -0.265. The first-order chi connectivity index (χ1) is 13.1. The van der Waals surface area contributed by atoms with Crippen molar-refractivity contribution < 1.29 is 9.53 Å². The van der Waals surface area contributed by atoms with Crippen molar-refractivity contribution in [3.63, 3.8) is 0 Å². The molecule has 27 heavy (non-hydrogen) atoms. The van der Waals surface area contributed by atoms with E-state index in [9.17, 15) is 4.79 Å². The molecule has 2 N–H and O–H groups in total. The molecule has 0 unspecified atom stereocenters. The van der Waals surface area contributed by atoms with Crippen LogP contribution in [0.25, 0.3) is 11.3 Å². The number of rotatable bonds is 6. The Hall–Kier alpha value is -2.83. The number of benzene rings is 2. The molecule has 0 aliphatic rings. The molecule has 0 saturated heterocycles. The van der Waals surface area contributed by atoms with Crippen LogP contribution in [-0.2, 0) is 11.2 Å². The van der Waals surface area contributed by atoms with Crippen molar-refractivity contribution in [2.75, 3.05) is 7.11 Å². The molecule has 1 amide bonds. The molecule has 0 aliphatic heterocycles. The van der Waals surface area contributed by atoms with Gasteiger partial charge < -0.3 is 4.74 Å². The highest BCUT2D eigenvalue weighted by Crippen LogP contribution is 2.23. The van der Waals surface area contributed by atoms with E-state index in [1.165, 1.54) is 6.21 Å². The number of aromatic nitrogens is 2. The molecule has 0 atom stereocenters. The fourth-order valence-corrected chi connectivity index (χ4v) is 2.75. The average molecular weight is 403 g/mol. The Labute approximate surface area is 166 Å². The second-order valence-electron chi connectivity index (χ2n) is 5.65. The number of amides is 1. The predicted molar refractivity (Wildman–Crippen MR) is 106 cm³/mol. The molecule has 0 spiro atoms. The topological polar surface area (TPSA) is 79.4 Å². The van der Waals surface area contributed by atoms with Crippen molar-refractivity contribution in [2.24, 2.45) is 5.10 Å². The smallest absolute Gasteiger partial charge is 0.244 e. The van der Waals surface area contributed by atoms with Crippen molar-refractivity contribution in [2.45, 2.75) is 6.42 Å². The Kier molecular flexibility index (Phi) is 6.11. The van der Waals surface area contributed by atoms with Crippen molar-refractivity contribution >= 4 is 35.3 Å². The zero-order valence-corrected chi connectivity index (χ0v) is 15.9. The second kappa shape index (κ2) is 8.70. The lowest BCUT2D eigenvalue weighted by atomic mass is 10.1. The molecule has 8 heteroatoms. The van der Waals surface area contributed by atoms with Gasteiger partial charge in [-0.2, -0.15) is 10.2 Å². The zero-order chi connectivity index (χ0) is 19.2. The fraction of sp³-hybridized carbons (Fsp3) is 0.105. The predicted octanol–water partition coefficient (Wildman–Crippen LogP) is 4.08. The van der Waals surface area contributed by atoms with Crippen LogP contribution >= 0.6 is 23.2 Å². The van der Waals surface area contributed by atoms with E-state index in [0.717, 1.165) is 28.1 Å². The molecular formula is C19H16Cl2N4O2. The summed E-state index contributed by atoms with van der Waals surface area (Å²) in [6.45, 7) is 0. The standard InChI is InChI=1S/C19H16Cl2N4O2/c1-27-15-5-3-13(4-6-15)19-14(11-23-25-19)10-22-24-18(26)9-12-2-7-16(20)17(21)8-12/h2-8,10-11H,9H2,1H3,(H,23,25)(H,24,26). The number of ether oxygens (including phenoxy) is 1. The van der Waals surface area contributed by atoms with Gasteiger partial charge >= 0.3 is 0 Å². The van der Waals surface area contributed by atoms with Gasteiger partial charge in [0, 0.05) is 11.1 Å². The fourth-order valence-electron chi connectivity index (χ4n) is 2.43. The minimum Gasteiger partial charge on any atom is -0.497 e. The first-order valence-electron chi connectivity index (χ1n) is 8.00. The Morgan fingerprint density at radius 3 is 2.70 bits per heavy atom. The molecule has 1 aromatic heterocycles. The van der Waals surface area contributed by atoms with Crippen LogP contribution in [-0.4, -0.2) is 29.4 Å². The first kappa shape index (κ1) is 18.9. The maximum Gasteiger partial charge on any atom is 0.244 e. The average Bonchev–Trinajstić information content (AvgIpc) is 3.13. The number of nitrogens with zero attached hydrogens (tertiary/aromatic N) is 2. The van der Waals surface area contributed by atoms with Gasteiger partial charge in [-0.3, -0.25) is 9.89 Å². The minimum absolute atomic E-state index is 0.144. The molecular weight excluding hydrogens is 387 g/mol. The van der Waals surface area contributed by atoms with Gasteiger partial charge in [0.1, 0.15) is 5.75 Å². The van der Waals surface area contributed by atoms with Crippen molar-refractivity contribution in [1.82, 2.24) is 15.6 Å². The van der Waals surface area contributed by atoms with Crippen molar-refractivity contribution in [3.05, 3.63) is 69.8 Å². The molecule has 0 saturated carbocycles. The molecule has 3 aromatic rings. The quantitative estimate of drug-likeness (QED) is 0.481. The van der Waals surface area contributed by atoms with E-state index in [1.807, 2.05) is 24.3 Å². The molecule has 0 fully saturated rings. The normalized spacial score (nSPS) is 10.9. The van der Waals surface area contributed by atoms with Gasteiger partial charge in [0.25, 0.3) is 0 Å². The Balaban J connectivity index is 1.63. The first-order valence-corrected chi connectivity index (χ1v) is 8.76. The highest BCUT2D eigenvalue weighted by Gasteiger charge is 2.07. The molecule has 6 nitrogen and oxygen atoms in total. The number of carbonyl (C=O) groups is 1. The van der Waals surface area contributed by atoms with Gasteiger partial charge in [0.05, 0.1) is 41.7 Å². The van der Waals surface area contributed by atoms with E-state index in [2.05, 4.69) is 20.7 Å². The third kappa shape index (κ3) is 4.87. The number of hydrogen-bond donors (Lipinski definition) is 2. The van der Waals surface area contributed by atoms with E-state index in [4.69, 9.17) is 27.9 Å². The molecule has 3 rings (SSSR count). The van der Waals surface area contributed by atoms with Crippen LogP contribution in [0, 0.1) is 0 Å². The Morgan fingerprint density at radius 2 is 2.00 bits per heavy atom. The summed E-state index contributed by atoms with van der Waals surface area (Å²) in [5.41, 5.74) is 5.71. The summed E-state index contributed by atoms with van der Waals surface area (Å²) in [6.07, 6.45) is 3.31. The van der Waals surface area contributed by atoms with Crippen LogP contribution in [0.1, 0.15) is 11.1 Å². The highest BCUT2D eigenvalue weighted by molar-refractivity contribution is 6.42. The Morgan fingerprint density at radius 1 is 1.22 bits per heavy atom. The SMILES string of the molecule is COc1ccc(-c2[nH]ncc2C=NNC(=O)Cc2ccc(Cl)c(Cl)c2)cc1. The van der Waals surface area contributed by atoms with Crippen molar-refractivity contribution in [3.8, 4) is 17.0 Å². The van der Waals surface area contributed by atoms with E-state index in [0.29, 0.717) is 10.0 Å². The zero-order valence-electron chi connectivity index (χ0n) is 14.4. The van der Waals surface area contributed by atoms with Gasteiger partial charge in [-0.15, -0.1) is 0 Å². The Bertz CT molecular complexity index is 968. The number of hydrogen-bond acceptors (Lipinski definition) is 4. The van der Waals surface area contributed by atoms with Gasteiger partial charge in [-0.25, -0.2) is 5.43 Å². The van der Waals surface area contributed by atoms with Crippen molar-refractivity contribution in [1.29, 1.82) is 0 Å². The maximum absolute atomic E-state index is 12.0. The van der Waals surface area contributed by atoms with E-state index in [1.54, 1.807) is 31.5 Å². The van der Waals surface area contributed by atoms with Crippen LogP contribution in [0.4, 0.5) is 0 Å². The molecule has 2 aromatic carbocycles. The van der Waals surface area contributed by atoms with Gasteiger partial charge in [0.2, 0.25) is 5.91 Å². The molecule has 0 radical (unpaired) electrons. The summed E-state index contributed by atoms with van der Waals surface area (Å²) >= 11 is 11.8. The monoisotopic (exact) mass is 402 g/mol. The molecule has 138 valence electrons. The number of aromatic amines is 1. The highest BCUT2D eigenvalue weighted by atomic mass is 35.5. The van der Waals surface area contributed by atoms with Gasteiger partial charge in [0.15, 0.2) is 0 Å². The number of carbonyl (C=O) groups excluding carboxylic acids is 1. The molecule has 1 heterocycles. The van der Waals surface area contributed by atoms with Crippen LogP contribution < -0.4 is 10.2 Å². The lowest BCUT2D eigenvalue weighted by Gasteiger charge is -2.03. The van der Waals surface area contributed by atoms with E-state index < -0.39 is 0 Å². The van der Waals surface area contributed by atoms with Crippen LogP contribution in [0.3, 0.4) is 0 Å². The number of H-pyrrole nitrogens is 1. The summed E-state index contributed by atoms with van der Waals surface area (Å²) in [7, 11) is 1.62. The third-order valence-corrected chi connectivity index (χ3v) is 4.53. The second-order valence-corrected chi connectivity index (χ2v) is 6.46. The third-order valence-electron chi connectivity index (χ3n) is 3.79. The van der Waals surface area contributed by atoms with Gasteiger partial charge in [-0.1, -0.05) is 29.3 Å². The number of nitrogens with one attached hydrogen (secondary N) is 2. The van der Waals surface area contributed by atoms with Crippen LogP contribution in [0.2, 0.25) is 10.0 Å². The maximum atomic E-state index is 12.0. The lowest BCUT2D eigenvalue weighted by molar-refractivity contribution is -0.120. The van der Waals surface area contributed by atoms with E-state index >= 15 is 0 Å². The van der Waals surface area contributed by atoms with Crippen LogP contribution in [0.15, 0.2) is 53.8 Å². The van der Waals surface area contributed by atoms with E-state index in [-0.39, 0.29) is 12.3 Å². The molecule has 0 bridgehead atoms. The summed E-state index contributed by atoms with van der Waals surface area (Å²) in [5, 5.41) is 11.8.